The summed E-state index contributed by atoms with van der Waals surface area (Å²) in [5, 5.41) is 6.26. The summed E-state index contributed by atoms with van der Waals surface area (Å²) in [7, 11) is 3.04. The maximum absolute atomic E-state index is 14.1. The van der Waals surface area contributed by atoms with Crippen LogP contribution >= 0.6 is 0 Å². The number of nitrogens with one attached hydrogen (secondary N) is 2. The first kappa shape index (κ1) is 34.7. The van der Waals surface area contributed by atoms with Crippen molar-refractivity contribution in [3.8, 4) is 23.1 Å². The van der Waals surface area contributed by atoms with Crippen LogP contribution in [0, 0.1) is 0 Å². The number of amides is 2. The highest BCUT2D eigenvalue weighted by Gasteiger charge is 2.38. The molecular weight excluding hydrogens is 659 g/mol. The number of ether oxygens (including phenoxy) is 4. The first-order valence-corrected chi connectivity index (χ1v) is 16.0. The van der Waals surface area contributed by atoms with Crippen molar-refractivity contribution in [2.75, 3.05) is 44.3 Å². The predicted octanol–water partition coefficient (Wildman–Crippen LogP) is 4.86. The molecule has 1 atom stereocenters. The maximum Gasteiger partial charge on any atom is 0.423 e. The number of methoxy groups -OCH3 is 2. The van der Waals surface area contributed by atoms with Gasteiger partial charge in [0.1, 0.15) is 11.7 Å². The number of urea groups is 1. The van der Waals surface area contributed by atoms with Gasteiger partial charge in [-0.2, -0.15) is 18.2 Å². The number of carbonyl (C=O) groups is 1. The van der Waals surface area contributed by atoms with Crippen LogP contribution in [-0.2, 0) is 15.7 Å². The highest BCUT2D eigenvalue weighted by atomic mass is 19.4. The fourth-order valence-electron chi connectivity index (χ4n) is 5.72. The van der Waals surface area contributed by atoms with Gasteiger partial charge in [0.2, 0.25) is 11.8 Å². The molecule has 2 N–H and O–H groups in total. The number of benzene rings is 1. The number of anilines is 2. The van der Waals surface area contributed by atoms with E-state index in [1.807, 2.05) is 30.3 Å². The van der Waals surface area contributed by atoms with Crippen LogP contribution in [0.3, 0.4) is 0 Å². The minimum atomic E-state index is -4.67. The molecule has 6 rings (SSSR count). The smallest absolute Gasteiger partial charge is 0.423 e. The zero-order chi connectivity index (χ0) is 35.1. The van der Waals surface area contributed by atoms with E-state index in [-0.39, 0.29) is 49.9 Å². The van der Waals surface area contributed by atoms with Crippen molar-refractivity contribution in [3.05, 3.63) is 72.4 Å². The van der Waals surface area contributed by atoms with Crippen LogP contribution in [0.1, 0.15) is 42.9 Å². The van der Waals surface area contributed by atoms with Crippen molar-refractivity contribution < 1.29 is 36.9 Å². The maximum atomic E-state index is 14.1. The molecule has 50 heavy (non-hydrogen) atoms. The molecule has 1 aliphatic heterocycles. The van der Waals surface area contributed by atoms with Crippen molar-refractivity contribution in [1.82, 2.24) is 35.2 Å². The molecule has 2 amide bonds. The van der Waals surface area contributed by atoms with Crippen molar-refractivity contribution in [3.63, 3.8) is 0 Å². The molecular formula is C33H36F3N9O5. The van der Waals surface area contributed by atoms with Crippen molar-refractivity contribution >= 4 is 17.8 Å². The van der Waals surface area contributed by atoms with Crippen LogP contribution in [0.2, 0.25) is 0 Å². The standard InChI is InChI=1S/C33H36F3N9O5/c1-47-19-27(20-6-4-3-5-7-20)43-32(46)45(28-16-37-26(15-38-28)21-12-40-31(48-2)41-13-21)23-10-8-22(9-11-23)42-30-39-14-25(33(34,35)36)29(44-30)50-24-17-49-18-24/h3-7,12-16,22-24,27H,8-11,17-19H2,1-2H3,(H,43,46)(H,39,42,44)/t22?,23?,27-/m1/s1. The first-order chi connectivity index (χ1) is 24.2. The van der Waals surface area contributed by atoms with E-state index in [9.17, 15) is 18.0 Å². The Hall–Kier alpha value is -5.16. The summed E-state index contributed by atoms with van der Waals surface area (Å²) in [5.74, 6) is -0.165. The van der Waals surface area contributed by atoms with Crippen LogP contribution in [-0.4, -0.2) is 88.2 Å². The van der Waals surface area contributed by atoms with Crippen molar-refractivity contribution in [2.24, 2.45) is 0 Å². The minimum Gasteiger partial charge on any atom is -0.469 e. The lowest BCUT2D eigenvalue weighted by molar-refractivity contribution is -0.142. The molecule has 0 spiro atoms. The Bertz CT molecular complexity index is 1710. The first-order valence-electron chi connectivity index (χ1n) is 16.0. The summed E-state index contributed by atoms with van der Waals surface area (Å²) in [5.41, 5.74) is 0.961. The van der Waals surface area contributed by atoms with Gasteiger partial charge in [-0.15, -0.1) is 0 Å². The Morgan fingerprint density at radius 2 is 1.70 bits per heavy atom. The molecule has 264 valence electrons. The van der Waals surface area contributed by atoms with E-state index in [0.717, 1.165) is 11.8 Å². The average Bonchev–Trinajstić information content (AvgIpc) is 3.11. The van der Waals surface area contributed by atoms with E-state index >= 15 is 0 Å². The Morgan fingerprint density at radius 1 is 0.960 bits per heavy atom. The monoisotopic (exact) mass is 695 g/mol. The van der Waals surface area contributed by atoms with Gasteiger partial charge >= 0.3 is 18.2 Å². The Labute approximate surface area is 285 Å². The van der Waals surface area contributed by atoms with E-state index in [2.05, 4.69) is 40.5 Å². The number of hydrogen-bond acceptors (Lipinski definition) is 12. The molecule has 1 aliphatic carbocycles. The van der Waals surface area contributed by atoms with Crippen LogP contribution in [0.25, 0.3) is 11.3 Å². The molecule has 17 heteroatoms. The number of halogens is 3. The third-order valence-corrected chi connectivity index (χ3v) is 8.38. The zero-order valence-electron chi connectivity index (χ0n) is 27.3. The van der Waals surface area contributed by atoms with E-state index in [4.69, 9.17) is 18.9 Å². The second-order valence-corrected chi connectivity index (χ2v) is 11.8. The second-order valence-electron chi connectivity index (χ2n) is 11.8. The van der Waals surface area contributed by atoms with Crippen LogP contribution in [0.5, 0.6) is 11.9 Å². The molecule has 4 aromatic rings. The van der Waals surface area contributed by atoms with Gasteiger partial charge in [0.25, 0.3) is 0 Å². The number of nitrogens with zero attached hydrogens (tertiary/aromatic N) is 7. The molecule has 0 unspecified atom stereocenters. The van der Waals surface area contributed by atoms with Gasteiger partial charge in [0.15, 0.2) is 5.82 Å². The molecule has 1 aromatic carbocycles. The van der Waals surface area contributed by atoms with Gasteiger partial charge in [-0.25, -0.2) is 24.7 Å². The third kappa shape index (κ3) is 8.34. The van der Waals surface area contributed by atoms with Gasteiger partial charge in [0, 0.05) is 43.3 Å². The fraction of sp³-hybridized carbons (Fsp3) is 0.424. The van der Waals surface area contributed by atoms with Gasteiger partial charge < -0.3 is 29.6 Å². The highest BCUT2D eigenvalue weighted by molar-refractivity contribution is 5.92. The van der Waals surface area contributed by atoms with Gasteiger partial charge in [-0.1, -0.05) is 30.3 Å². The second kappa shape index (κ2) is 15.6. The van der Waals surface area contributed by atoms with Crippen LogP contribution < -0.4 is 25.0 Å². The SMILES string of the molecule is COC[C@@H](NC(=O)N(c1cnc(-c2cnc(OC)nc2)cn1)C1CCC(Nc2ncc(C(F)(F)F)c(OC3COC3)n2)CC1)c1ccccc1. The molecule has 4 heterocycles. The number of hydrogen-bond donors (Lipinski definition) is 2. The summed E-state index contributed by atoms with van der Waals surface area (Å²) in [6, 6.07) is 8.47. The lowest BCUT2D eigenvalue weighted by Gasteiger charge is -2.37. The summed E-state index contributed by atoms with van der Waals surface area (Å²) in [6.07, 6.45) is 4.01. The third-order valence-electron chi connectivity index (χ3n) is 8.38. The summed E-state index contributed by atoms with van der Waals surface area (Å²) >= 11 is 0. The molecule has 2 aliphatic rings. The Balaban J connectivity index is 1.19. The van der Waals surface area contributed by atoms with E-state index in [0.29, 0.717) is 42.8 Å². The summed E-state index contributed by atoms with van der Waals surface area (Å²) in [6.45, 7) is 0.631. The molecule has 14 nitrogen and oxygen atoms in total. The lowest BCUT2D eigenvalue weighted by Crippen LogP contribution is -2.50. The number of alkyl halides is 3. The van der Waals surface area contributed by atoms with Crippen LogP contribution in [0.15, 0.2) is 61.3 Å². The normalized spacial score (nSPS) is 18.4. The highest BCUT2D eigenvalue weighted by Crippen LogP contribution is 2.36. The van der Waals surface area contributed by atoms with Crippen LogP contribution in [0.4, 0.5) is 29.7 Å². The number of carbonyl (C=O) groups excluding carboxylic acids is 1. The lowest BCUT2D eigenvalue weighted by atomic mass is 9.90. The fourth-order valence-corrected chi connectivity index (χ4v) is 5.72. The van der Waals surface area contributed by atoms with E-state index < -0.39 is 29.8 Å². The van der Waals surface area contributed by atoms with Gasteiger partial charge in [-0.05, 0) is 31.2 Å². The zero-order valence-corrected chi connectivity index (χ0v) is 27.3. The Morgan fingerprint density at radius 3 is 2.30 bits per heavy atom. The minimum absolute atomic E-state index is 0.0283. The van der Waals surface area contributed by atoms with E-state index in [1.165, 1.54) is 13.3 Å². The molecule has 1 saturated heterocycles. The van der Waals surface area contributed by atoms with E-state index in [1.54, 1.807) is 30.6 Å². The largest absolute Gasteiger partial charge is 0.469 e. The quantitative estimate of drug-likeness (QED) is 0.208. The van der Waals surface area contributed by atoms with Gasteiger partial charge in [0.05, 0.1) is 51.1 Å². The summed E-state index contributed by atoms with van der Waals surface area (Å²) < 4.78 is 61.8. The Kier molecular flexibility index (Phi) is 10.8. The molecule has 0 radical (unpaired) electrons. The summed E-state index contributed by atoms with van der Waals surface area (Å²) in [4.78, 5) is 41.1. The molecule has 1 saturated carbocycles. The van der Waals surface area contributed by atoms with Crippen molar-refractivity contribution in [1.29, 1.82) is 0 Å². The number of aromatic nitrogens is 6. The predicted molar refractivity (Wildman–Crippen MR) is 174 cm³/mol. The number of rotatable bonds is 12. The molecule has 2 fully saturated rings. The van der Waals surface area contributed by atoms with Gasteiger partial charge in [-0.3, -0.25) is 9.88 Å². The average molecular weight is 696 g/mol. The topological polar surface area (TPSA) is 159 Å². The molecule has 3 aromatic heterocycles. The molecule has 0 bridgehead atoms. The van der Waals surface area contributed by atoms with Crippen molar-refractivity contribution in [2.45, 2.75) is 56.1 Å².